The molecule has 0 atom stereocenters. The highest BCUT2D eigenvalue weighted by molar-refractivity contribution is 7.98. The number of hydrogen-bond acceptors (Lipinski definition) is 4. The van der Waals surface area contributed by atoms with Crippen molar-refractivity contribution in [3.63, 3.8) is 0 Å². The van der Waals surface area contributed by atoms with Crippen LogP contribution < -0.4 is 4.74 Å². The van der Waals surface area contributed by atoms with E-state index in [1.54, 1.807) is 30.1 Å². The Kier molecular flexibility index (Phi) is 3.99. The minimum atomic E-state index is -0.125. The Morgan fingerprint density at radius 2 is 1.94 bits per heavy atom. The van der Waals surface area contributed by atoms with Gasteiger partial charge in [0.15, 0.2) is 5.69 Å². The molecular weight excluding hydrogens is 246 g/mol. The standard InChI is InChI=1S/C14H13NO2S/c1-17-12-4-3-9-15-13(12)14(16)10-5-7-11(18-2)8-6-10/h3-9H,1-2H3. The molecule has 0 unspecified atom stereocenters. The molecule has 2 aromatic rings. The van der Waals surface area contributed by atoms with Crippen LogP contribution in [-0.4, -0.2) is 24.1 Å². The zero-order chi connectivity index (χ0) is 13.0. The fourth-order valence-electron chi connectivity index (χ4n) is 1.60. The van der Waals surface area contributed by atoms with Gasteiger partial charge < -0.3 is 4.74 Å². The monoisotopic (exact) mass is 259 g/mol. The second-order valence-corrected chi connectivity index (χ2v) is 4.49. The molecule has 0 aliphatic heterocycles. The molecule has 0 N–H and O–H groups in total. The van der Waals surface area contributed by atoms with Gasteiger partial charge in [0.1, 0.15) is 5.75 Å². The summed E-state index contributed by atoms with van der Waals surface area (Å²) in [5.41, 5.74) is 0.960. The summed E-state index contributed by atoms with van der Waals surface area (Å²) in [6.07, 6.45) is 3.59. The molecule has 18 heavy (non-hydrogen) atoms. The molecule has 0 saturated heterocycles. The van der Waals surface area contributed by atoms with Crippen LogP contribution in [-0.2, 0) is 0 Å². The highest BCUT2D eigenvalue weighted by atomic mass is 32.2. The summed E-state index contributed by atoms with van der Waals surface area (Å²) in [5, 5.41) is 0. The van der Waals surface area contributed by atoms with Crippen LogP contribution in [0.4, 0.5) is 0 Å². The Balaban J connectivity index is 2.35. The van der Waals surface area contributed by atoms with Gasteiger partial charge in [0.25, 0.3) is 0 Å². The summed E-state index contributed by atoms with van der Waals surface area (Å²) < 4.78 is 5.15. The fourth-order valence-corrected chi connectivity index (χ4v) is 2.01. The largest absolute Gasteiger partial charge is 0.494 e. The molecule has 1 aromatic carbocycles. The first kappa shape index (κ1) is 12.6. The van der Waals surface area contributed by atoms with Gasteiger partial charge in [0.2, 0.25) is 5.78 Å². The van der Waals surface area contributed by atoms with Gasteiger partial charge in [0.05, 0.1) is 7.11 Å². The molecule has 1 aromatic heterocycles. The second kappa shape index (κ2) is 5.69. The van der Waals surface area contributed by atoms with E-state index in [-0.39, 0.29) is 5.78 Å². The molecule has 0 radical (unpaired) electrons. The number of nitrogens with zero attached hydrogens (tertiary/aromatic N) is 1. The normalized spacial score (nSPS) is 10.1. The number of aromatic nitrogens is 1. The van der Waals surface area contributed by atoms with Crippen LogP contribution in [0.1, 0.15) is 16.1 Å². The number of rotatable bonds is 4. The van der Waals surface area contributed by atoms with E-state index in [1.165, 1.54) is 7.11 Å². The smallest absolute Gasteiger partial charge is 0.215 e. The van der Waals surface area contributed by atoms with E-state index < -0.39 is 0 Å². The molecule has 4 heteroatoms. The maximum Gasteiger partial charge on any atom is 0.215 e. The zero-order valence-electron chi connectivity index (χ0n) is 10.2. The average Bonchev–Trinajstić information content (AvgIpc) is 2.46. The van der Waals surface area contributed by atoms with Crippen molar-refractivity contribution in [3.05, 3.63) is 53.9 Å². The first-order valence-corrected chi connectivity index (χ1v) is 6.66. The predicted octanol–water partition coefficient (Wildman–Crippen LogP) is 3.04. The highest BCUT2D eigenvalue weighted by Gasteiger charge is 2.15. The lowest BCUT2D eigenvalue weighted by atomic mass is 10.1. The summed E-state index contributed by atoms with van der Waals surface area (Å²) in [6, 6.07) is 10.9. The van der Waals surface area contributed by atoms with Crippen molar-refractivity contribution >= 4 is 17.5 Å². The topological polar surface area (TPSA) is 39.2 Å². The first-order valence-electron chi connectivity index (χ1n) is 5.44. The van der Waals surface area contributed by atoms with Crippen molar-refractivity contribution in [1.29, 1.82) is 0 Å². The number of ether oxygens (including phenoxy) is 1. The number of ketones is 1. The highest BCUT2D eigenvalue weighted by Crippen LogP contribution is 2.20. The molecule has 92 valence electrons. The first-order chi connectivity index (χ1) is 8.76. The van der Waals surface area contributed by atoms with Crippen LogP contribution in [0.5, 0.6) is 5.75 Å². The molecule has 0 saturated carbocycles. The van der Waals surface area contributed by atoms with Gasteiger partial charge in [-0.15, -0.1) is 11.8 Å². The third-order valence-corrected chi connectivity index (χ3v) is 3.30. The fraction of sp³-hybridized carbons (Fsp3) is 0.143. The number of thioether (sulfide) groups is 1. The lowest BCUT2D eigenvalue weighted by Crippen LogP contribution is -2.06. The summed E-state index contributed by atoms with van der Waals surface area (Å²) in [5.74, 6) is 0.372. The van der Waals surface area contributed by atoms with Gasteiger partial charge in [-0.25, -0.2) is 4.98 Å². The Hall–Kier alpha value is -1.81. The van der Waals surface area contributed by atoms with Crippen LogP contribution in [0.2, 0.25) is 0 Å². The molecule has 0 spiro atoms. The number of hydrogen-bond donors (Lipinski definition) is 0. The molecule has 0 amide bonds. The lowest BCUT2D eigenvalue weighted by molar-refractivity contribution is 0.103. The van der Waals surface area contributed by atoms with E-state index in [1.807, 2.05) is 30.5 Å². The summed E-state index contributed by atoms with van der Waals surface area (Å²) >= 11 is 1.64. The van der Waals surface area contributed by atoms with Gasteiger partial charge in [0, 0.05) is 16.7 Å². The number of carbonyl (C=O) groups excluding carboxylic acids is 1. The van der Waals surface area contributed by atoms with Crippen molar-refractivity contribution in [3.8, 4) is 5.75 Å². The molecule has 0 fully saturated rings. The minimum absolute atomic E-state index is 0.125. The van der Waals surface area contributed by atoms with Crippen LogP contribution in [0.15, 0.2) is 47.5 Å². The summed E-state index contributed by atoms with van der Waals surface area (Å²) in [6.45, 7) is 0. The van der Waals surface area contributed by atoms with E-state index >= 15 is 0 Å². The van der Waals surface area contributed by atoms with Crippen molar-refractivity contribution in [2.75, 3.05) is 13.4 Å². The maximum atomic E-state index is 12.3. The van der Waals surface area contributed by atoms with Crippen molar-refractivity contribution in [1.82, 2.24) is 4.98 Å². The van der Waals surface area contributed by atoms with Crippen LogP contribution in [0.3, 0.4) is 0 Å². The Morgan fingerprint density at radius 3 is 2.56 bits per heavy atom. The summed E-state index contributed by atoms with van der Waals surface area (Å²) in [7, 11) is 1.53. The maximum absolute atomic E-state index is 12.3. The predicted molar refractivity (Wildman–Crippen MR) is 72.4 cm³/mol. The Bertz CT molecular complexity index is 552. The Labute approximate surface area is 110 Å². The van der Waals surface area contributed by atoms with Gasteiger partial charge in [-0.05, 0) is 42.7 Å². The number of methoxy groups -OCH3 is 1. The molecular formula is C14H13NO2S. The quantitative estimate of drug-likeness (QED) is 0.625. The van der Waals surface area contributed by atoms with E-state index in [0.29, 0.717) is 17.0 Å². The van der Waals surface area contributed by atoms with Gasteiger partial charge in [-0.1, -0.05) is 0 Å². The number of carbonyl (C=O) groups is 1. The molecule has 1 heterocycles. The molecule has 0 bridgehead atoms. The van der Waals surface area contributed by atoms with Gasteiger partial charge in [-0.2, -0.15) is 0 Å². The lowest BCUT2D eigenvalue weighted by Gasteiger charge is -2.06. The molecule has 2 rings (SSSR count). The van der Waals surface area contributed by atoms with E-state index in [4.69, 9.17) is 4.74 Å². The molecule has 3 nitrogen and oxygen atoms in total. The van der Waals surface area contributed by atoms with Crippen LogP contribution in [0.25, 0.3) is 0 Å². The minimum Gasteiger partial charge on any atom is -0.494 e. The van der Waals surface area contributed by atoms with Crippen molar-refractivity contribution in [2.45, 2.75) is 4.90 Å². The second-order valence-electron chi connectivity index (χ2n) is 3.61. The number of benzene rings is 1. The van der Waals surface area contributed by atoms with E-state index in [2.05, 4.69) is 4.98 Å². The Morgan fingerprint density at radius 1 is 1.22 bits per heavy atom. The van der Waals surface area contributed by atoms with Crippen molar-refractivity contribution < 1.29 is 9.53 Å². The summed E-state index contributed by atoms with van der Waals surface area (Å²) in [4.78, 5) is 17.5. The third-order valence-electron chi connectivity index (χ3n) is 2.56. The molecule has 0 aliphatic carbocycles. The third kappa shape index (κ3) is 2.54. The zero-order valence-corrected chi connectivity index (χ0v) is 11.0. The number of pyridine rings is 1. The SMILES string of the molecule is COc1cccnc1C(=O)c1ccc(SC)cc1. The van der Waals surface area contributed by atoms with E-state index in [9.17, 15) is 4.79 Å². The van der Waals surface area contributed by atoms with Crippen molar-refractivity contribution in [2.24, 2.45) is 0 Å². The van der Waals surface area contributed by atoms with Gasteiger partial charge >= 0.3 is 0 Å². The van der Waals surface area contributed by atoms with Crippen LogP contribution in [0, 0.1) is 0 Å². The van der Waals surface area contributed by atoms with E-state index in [0.717, 1.165) is 4.90 Å². The average molecular weight is 259 g/mol. The molecule has 0 aliphatic rings. The van der Waals surface area contributed by atoms with Crippen LogP contribution >= 0.6 is 11.8 Å². The van der Waals surface area contributed by atoms with Gasteiger partial charge in [-0.3, -0.25) is 4.79 Å².